The van der Waals surface area contributed by atoms with Gasteiger partial charge in [-0.25, -0.2) is 8.42 Å². The summed E-state index contributed by atoms with van der Waals surface area (Å²) >= 11 is 0. The number of likely N-dealkylation sites (tertiary alicyclic amines) is 1. The number of carbonyl (C=O) groups excluding carboxylic acids is 1. The third kappa shape index (κ3) is 4.50. The smallest absolute Gasteiger partial charge is 0.243 e. The van der Waals surface area contributed by atoms with Crippen molar-refractivity contribution in [2.45, 2.75) is 75.6 Å². The molecule has 6 nitrogen and oxygen atoms in total. The molecule has 3 aromatic rings. The van der Waals surface area contributed by atoms with Crippen molar-refractivity contribution in [3.05, 3.63) is 64.8 Å². The van der Waals surface area contributed by atoms with Crippen LogP contribution in [0.1, 0.15) is 66.8 Å². The number of sulfonamides is 1. The first kappa shape index (κ1) is 24.7. The van der Waals surface area contributed by atoms with E-state index in [1.807, 2.05) is 23.1 Å². The molecule has 0 unspecified atom stereocenters. The monoisotopic (exact) mass is 519 g/mol. The maximum absolute atomic E-state index is 13.5. The fraction of sp³-hybridized carbons (Fsp3) is 0.500. The molecule has 1 aliphatic carbocycles. The first-order valence-corrected chi connectivity index (χ1v) is 15.3. The summed E-state index contributed by atoms with van der Waals surface area (Å²) in [5, 5.41) is 1.20. The Kier molecular flexibility index (Phi) is 6.61. The average molecular weight is 520 g/mol. The Balaban J connectivity index is 1.23. The SMILES string of the molecule is Cc1c(C2CCN(S(=O)(=O)c3ccc4c(c3)CCCC4)CC2)c2ccccc2n1CC(=O)N1CCCC1. The molecule has 0 spiro atoms. The number of aromatic nitrogens is 1. The molecule has 6 rings (SSSR count). The lowest BCUT2D eigenvalue weighted by molar-refractivity contribution is -0.130. The van der Waals surface area contributed by atoms with Crippen LogP contribution < -0.4 is 0 Å². The highest BCUT2D eigenvalue weighted by atomic mass is 32.2. The van der Waals surface area contributed by atoms with Gasteiger partial charge in [0.05, 0.1) is 4.90 Å². The number of para-hydroxylation sites is 1. The minimum atomic E-state index is -3.50. The lowest BCUT2D eigenvalue weighted by Gasteiger charge is -2.32. The molecule has 0 bridgehead atoms. The molecule has 3 aliphatic rings. The number of hydrogen-bond acceptors (Lipinski definition) is 3. The number of nitrogens with zero attached hydrogens (tertiary/aromatic N) is 3. The largest absolute Gasteiger partial charge is 0.341 e. The van der Waals surface area contributed by atoms with Gasteiger partial charge < -0.3 is 9.47 Å². The van der Waals surface area contributed by atoms with Gasteiger partial charge in [0.25, 0.3) is 0 Å². The third-order valence-electron chi connectivity index (χ3n) is 8.85. The summed E-state index contributed by atoms with van der Waals surface area (Å²) in [7, 11) is -3.50. The molecule has 196 valence electrons. The number of carbonyl (C=O) groups is 1. The van der Waals surface area contributed by atoms with Crippen LogP contribution in [-0.2, 0) is 34.2 Å². The molecule has 1 amide bonds. The van der Waals surface area contributed by atoms with Gasteiger partial charge in [-0.2, -0.15) is 4.31 Å². The van der Waals surface area contributed by atoms with Crippen molar-refractivity contribution in [3.63, 3.8) is 0 Å². The van der Waals surface area contributed by atoms with Gasteiger partial charge >= 0.3 is 0 Å². The van der Waals surface area contributed by atoms with Gasteiger partial charge in [-0.1, -0.05) is 24.3 Å². The van der Waals surface area contributed by atoms with Crippen LogP contribution in [-0.4, -0.2) is 54.3 Å². The standard InChI is InChI=1S/C30H37N3O3S/c1-22-30(27-10-4-5-11-28(27)33(22)21-29(34)31-16-6-7-17-31)24-14-18-32(19-15-24)37(35,36)26-13-12-23-8-2-3-9-25(23)20-26/h4-5,10-13,20,24H,2-3,6-9,14-19,21H2,1H3. The van der Waals surface area contributed by atoms with Crippen molar-refractivity contribution < 1.29 is 13.2 Å². The van der Waals surface area contributed by atoms with E-state index in [0.29, 0.717) is 24.5 Å². The van der Waals surface area contributed by atoms with Crippen molar-refractivity contribution in [1.29, 1.82) is 0 Å². The molecule has 1 aromatic heterocycles. The molecular formula is C30H37N3O3S. The fourth-order valence-corrected chi connectivity index (χ4v) is 8.30. The number of hydrogen-bond donors (Lipinski definition) is 0. The Labute approximate surface area is 220 Å². The number of rotatable bonds is 5. The molecule has 0 saturated carbocycles. The summed E-state index contributed by atoms with van der Waals surface area (Å²) in [6, 6.07) is 14.1. The zero-order valence-corrected chi connectivity index (χ0v) is 22.6. The summed E-state index contributed by atoms with van der Waals surface area (Å²) in [6.07, 6.45) is 8.12. The molecule has 0 atom stereocenters. The van der Waals surface area contributed by atoms with Crippen LogP contribution in [0, 0.1) is 6.92 Å². The fourth-order valence-electron chi connectivity index (χ4n) is 6.78. The predicted molar refractivity (Wildman–Crippen MR) is 146 cm³/mol. The van der Waals surface area contributed by atoms with E-state index in [1.54, 1.807) is 10.4 Å². The maximum atomic E-state index is 13.5. The van der Waals surface area contributed by atoms with E-state index in [2.05, 4.69) is 29.7 Å². The van der Waals surface area contributed by atoms with Crippen molar-refractivity contribution in [1.82, 2.24) is 13.8 Å². The van der Waals surface area contributed by atoms with Crippen LogP contribution in [0.3, 0.4) is 0 Å². The van der Waals surface area contributed by atoms with Gasteiger partial charge in [0, 0.05) is 42.8 Å². The number of piperidine rings is 1. The van der Waals surface area contributed by atoms with Crippen molar-refractivity contribution in [2.24, 2.45) is 0 Å². The highest BCUT2D eigenvalue weighted by Gasteiger charge is 2.33. The first-order valence-electron chi connectivity index (χ1n) is 13.9. The van der Waals surface area contributed by atoms with Crippen molar-refractivity contribution in [2.75, 3.05) is 26.2 Å². The molecule has 2 saturated heterocycles. The van der Waals surface area contributed by atoms with Crippen LogP contribution in [0.2, 0.25) is 0 Å². The Morgan fingerprint density at radius 2 is 1.59 bits per heavy atom. The number of benzene rings is 2. The zero-order chi connectivity index (χ0) is 25.6. The lowest BCUT2D eigenvalue weighted by Crippen LogP contribution is -2.38. The molecule has 2 aromatic carbocycles. The minimum Gasteiger partial charge on any atom is -0.341 e. The molecule has 0 N–H and O–H groups in total. The van der Waals surface area contributed by atoms with Gasteiger partial charge in [0.15, 0.2) is 0 Å². The zero-order valence-electron chi connectivity index (χ0n) is 21.8. The van der Waals surface area contributed by atoms with E-state index in [1.165, 1.54) is 28.5 Å². The van der Waals surface area contributed by atoms with Crippen LogP contribution in [0.25, 0.3) is 10.9 Å². The number of fused-ring (bicyclic) bond motifs is 2. The van der Waals surface area contributed by atoms with Crippen LogP contribution in [0.15, 0.2) is 47.4 Å². The quantitative estimate of drug-likeness (QED) is 0.476. The summed E-state index contributed by atoms with van der Waals surface area (Å²) in [5.41, 5.74) is 6.04. The molecule has 37 heavy (non-hydrogen) atoms. The van der Waals surface area contributed by atoms with Crippen LogP contribution >= 0.6 is 0 Å². The number of amides is 1. The summed E-state index contributed by atoms with van der Waals surface area (Å²) < 4.78 is 30.9. The topological polar surface area (TPSA) is 62.6 Å². The first-order chi connectivity index (χ1) is 17.9. The van der Waals surface area contributed by atoms with Gasteiger partial charge in [-0.3, -0.25) is 4.79 Å². The average Bonchev–Trinajstić information content (AvgIpc) is 3.56. The van der Waals surface area contributed by atoms with E-state index in [4.69, 9.17) is 0 Å². The summed E-state index contributed by atoms with van der Waals surface area (Å²) in [5.74, 6) is 0.474. The maximum Gasteiger partial charge on any atom is 0.243 e. The molecular weight excluding hydrogens is 482 g/mol. The Morgan fingerprint density at radius 1 is 0.892 bits per heavy atom. The Bertz CT molecular complexity index is 1430. The summed E-state index contributed by atoms with van der Waals surface area (Å²) in [6.45, 7) is 5.27. The minimum absolute atomic E-state index is 0.193. The molecule has 7 heteroatoms. The predicted octanol–water partition coefficient (Wildman–Crippen LogP) is 5.02. The van der Waals surface area contributed by atoms with E-state index in [9.17, 15) is 13.2 Å². The summed E-state index contributed by atoms with van der Waals surface area (Å²) in [4.78, 5) is 15.4. The van der Waals surface area contributed by atoms with Crippen LogP contribution in [0.4, 0.5) is 0 Å². The second kappa shape index (κ2) is 9.91. The molecule has 0 radical (unpaired) electrons. The second-order valence-corrected chi connectivity index (χ2v) is 12.9. The number of aryl methyl sites for hydroxylation is 2. The highest BCUT2D eigenvalue weighted by molar-refractivity contribution is 7.89. The normalized spacial score (nSPS) is 19.4. The van der Waals surface area contributed by atoms with E-state index in [0.717, 1.165) is 69.2 Å². The van der Waals surface area contributed by atoms with E-state index in [-0.39, 0.29) is 11.8 Å². The van der Waals surface area contributed by atoms with Gasteiger partial charge in [-0.05, 0) is 99.1 Å². The lowest BCUT2D eigenvalue weighted by atomic mass is 9.88. The van der Waals surface area contributed by atoms with Crippen LogP contribution in [0.5, 0.6) is 0 Å². The second-order valence-electron chi connectivity index (χ2n) is 11.0. The van der Waals surface area contributed by atoms with E-state index >= 15 is 0 Å². The van der Waals surface area contributed by atoms with E-state index < -0.39 is 10.0 Å². The van der Waals surface area contributed by atoms with Crippen molar-refractivity contribution >= 4 is 26.8 Å². The Morgan fingerprint density at radius 3 is 2.35 bits per heavy atom. The Hall–Kier alpha value is -2.64. The van der Waals surface area contributed by atoms with Crippen molar-refractivity contribution in [3.8, 4) is 0 Å². The van der Waals surface area contributed by atoms with Gasteiger partial charge in [0.1, 0.15) is 6.54 Å². The molecule has 3 heterocycles. The third-order valence-corrected chi connectivity index (χ3v) is 10.7. The van der Waals surface area contributed by atoms with Gasteiger partial charge in [0.2, 0.25) is 15.9 Å². The highest BCUT2D eigenvalue weighted by Crippen LogP contribution is 2.39. The molecule has 2 fully saturated rings. The molecule has 2 aliphatic heterocycles. The van der Waals surface area contributed by atoms with Gasteiger partial charge in [-0.15, -0.1) is 0 Å².